The van der Waals surface area contributed by atoms with E-state index >= 15 is 8.78 Å². The maximum atomic E-state index is 15.9. The van der Waals surface area contributed by atoms with Crippen molar-refractivity contribution in [1.82, 2.24) is 4.57 Å². The predicted molar refractivity (Wildman–Crippen MR) is 178 cm³/mol. The number of carbonyl (C=O) groups is 1. The molecule has 1 aliphatic heterocycles. The van der Waals surface area contributed by atoms with Gasteiger partial charge in [0.25, 0.3) is 5.56 Å². The molecule has 0 fully saturated rings. The van der Waals surface area contributed by atoms with Crippen molar-refractivity contribution in [2.45, 2.75) is 38.2 Å². The monoisotopic (exact) mass is 689 g/mol. The Hall–Kier alpha value is -5.49. The fourth-order valence-corrected chi connectivity index (χ4v) is 6.50. The third kappa shape index (κ3) is 6.34. The van der Waals surface area contributed by atoms with Crippen LogP contribution in [0.4, 0.5) is 32.6 Å². The maximum absolute atomic E-state index is 15.9. The van der Waals surface area contributed by atoms with Crippen molar-refractivity contribution in [1.29, 1.82) is 0 Å². The van der Waals surface area contributed by atoms with E-state index in [0.29, 0.717) is 11.1 Å². The van der Waals surface area contributed by atoms with E-state index < -0.39 is 59.1 Å². The molecule has 2 heterocycles. The Labute approximate surface area is 284 Å². The van der Waals surface area contributed by atoms with Gasteiger partial charge in [0.1, 0.15) is 18.2 Å². The number of carbonyl (C=O) groups excluding carboxylic acids is 1. The van der Waals surface area contributed by atoms with Gasteiger partial charge in [-0.3, -0.25) is 14.3 Å². The van der Waals surface area contributed by atoms with Gasteiger partial charge in [0.2, 0.25) is 0 Å². The molecule has 1 amide bonds. The number of nitrogens with two attached hydrogens (primary N) is 1. The summed E-state index contributed by atoms with van der Waals surface area (Å²) in [7, 11) is 1.25. The first kappa shape index (κ1) is 34.4. The molecular formula is C38H32F5N3O4. The lowest BCUT2D eigenvalue weighted by molar-refractivity contribution is -0.138. The zero-order chi connectivity index (χ0) is 35.7. The van der Waals surface area contributed by atoms with Crippen LogP contribution < -0.4 is 20.9 Å². The van der Waals surface area contributed by atoms with Gasteiger partial charge in [0.15, 0.2) is 11.6 Å². The summed E-state index contributed by atoms with van der Waals surface area (Å²) in [6.45, 7) is 1.05. The van der Waals surface area contributed by atoms with E-state index in [2.05, 4.69) is 0 Å². The van der Waals surface area contributed by atoms with E-state index in [-0.39, 0.29) is 47.0 Å². The molecule has 258 valence electrons. The Balaban J connectivity index is 1.63. The number of pyridine rings is 1. The molecule has 0 saturated heterocycles. The quantitative estimate of drug-likeness (QED) is 0.166. The van der Waals surface area contributed by atoms with Crippen molar-refractivity contribution in [3.05, 3.63) is 152 Å². The van der Waals surface area contributed by atoms with Crippen LogP contribution in [0.15, 0.2) is 102 Å². The molecule has 12 heteroatoms. The highest BCUT2D eigenvalue weighted by Gasteiger charge is 2.43. The predicted octanol–water partition coefficient (Wildman–Crippen LogP) is 8.12. The lowest BCUT2D eigenvalue weighted by Crippen LogP contribution is -2.34. The topological polar surface area (TPSA) is 86.8 Å². The molecular weight excluding hydrogens is 657 g/mol. The van der Waals surface area contributed by atoms with Crippen molar-refractivity contribution < 1.29 is 36.2 Å². The zero-order valence-electron chi connectivity index (χ0n) is 27.0. The molecule has 0 radical (unpaired) electrons. The zero-order valence-corrected chi connectivity index (χ0v) is 27.0. The van der Waals surface area contributed by atoms with Crippen LogP contribution >= 0.6 is 0 Å². The lowest BCUT2D eigenvalue weighted by Gasteiger charge is -2.25. The molecule has 50 heavy (non-hydrogen) atoms. The smallest absolute Gasteiger partial charge is 0.416 e. The van der Waals surface area contributed by atoms with Gasteiger partial charge in [0, 0.05) is 23.1 Å². The Morgan fingerprint density at radius 1 is 0.920 bits per heavy atom. The van der Waals surface area contributed by atoms with E-state index in [0.717, 1.165) is 23.1 Å². The van der Waals surface area contributed by atoms with Crippen LogP contribution in [0.2, 0.25) is 0 Å². The molecule has 5 aromatic rings. The maximum Gasteiger partial charge on any atom is 0.416 e. The number of hydrogen-bond donors (Lipinski definition) is 1. The Bertz CT molecular complexity index is 2100. The van der Waals surface area contributed by atoms with Crippen molar-refractivity contribution in [3.8, 4) is 16.9 Å². The fraction of sp³-hybridized carbons (Fsp3) is 0.211. The average Bonchev–Trinajstić information content (AvgIpc) is 3.51. The molecule has 2 unspecified atom stereocenters. The van der Waals surface area contributed by atoms with E-state index in [1.54, 1.807) is 60.7 Å². The standard InChI is InChI=1S/C38H32F5N3O4/c1-22-26(19-27-28(38(41,42)43)16-10-17-29(27)39)35-45(37(48)50-21-23-11-5-3-6-12-23)20-30(34(44)24-13-7-4-8-14-24)46(35)36(47)32(22)25-15-9-18-31(49-2)33(25)40/h3-18,30,34H,19-21,44H2,1-2H3. The summed E-state index contributed by atoms with van der Waals surface area (Å²) in [5.74, 6) is -2.33. The number of ether oxygens (including phenoxy) is 2. The largest absolute Gasteiger partial charge is 0.494 e. The van der Waals surface area contributed by atoms with Crippen LogP contribution in [0.1, 0.15) is 45.5 Å². The number of anilines is 1. The van der Waals surface area contributed by atoms with E-state index in [1.165, 1.54) is 36.8 Å². The molecule has 2 atom stereocenters. The SMILES string of the molecule is COc1cccc(-c2c(C)c(Cc3c(F)cccc3C(F)(F)F)c3n(c2=O)C(C(N)c2ccccc2)CN3C(=O)OCc2ccccc2)c1F. The second-order valence-corrected chi connectivity index (χ2v) is 11.9. The van der Waals surface area contributed by atoms with Crippen molar-refractivity contribution >= 4 is 11.9 Å². The van der Waals surface area contributed by atoms with Crippen molar-refractivity contribution in [3.63, 3.8) is 0 Å². The molecule has 1 aromatic heterocycles. The lowest BCUT2D eigenvalue weighted by atomic mass is 9.91. The van der Waals surface area contributed by atoms with Crippen LogP contribution in [-0.2, 0) is 23.9 Å². The molecule has 0 saturated carbocycles. The van der Waals surface area contributed by atoms with Gasteiger partial charge in [0.05, 0.1) is 36.9 Å². The molecule has 2 N–H and O–H groups in total. The van der Waals surface area contributed by atoms with Crippen LogP contribution in [0, 0.1) is 18.6 Å². The first-order valence-electron chi connectivity index (χ1n) is 15.7. The molecule has 0 bridgehead atoms. The Morgan fingerprint density at radius 3 is 2.24 bits per heavy atom. The molecule has 0 spiro atoms. The first-order chi connectivity index (χ1) is 23.9. The highest BCUT2D eigenvalue weighted by molar-refractivity contribution is 5.90. The van der Waals surface area contributed by atoms with E-state index in [4.69, 9.17) is 15.2 Å². The van der Waals surface area contributed by atoms with Crippen LogP contribution in [0.25, 0.3) is 11.1 Å². The highest BCUT2D eigenvalue weighted by atomic mass is 19.4. The van der Waals surface area contributed by atoms with Gasteiger partial charge in [-0.15, -0.1) is 0 Å². The molecule has 7 nitrogen and oxygen atoms in total. The summed E-state index contributed by atoms with van der Waals surface area (Å²) >= 11 is 0. The molecule has 6 rings (SSSR count). The van der Waals surface area contributed by atoms with Gasteiger partial charge in [-0.2, -0.15) is 13.2 Å². The minimum atomic E-state index is -4.94. The molecule has 4 aromatic carbocycles. The number of rotatable bonds is 8. The average molecular weight is 690 g/mol. The summed E-state index contributed by atoms with van der Waals surface area (Å²) in [5, 5.41) is 0. The van der Waals surface area contributed by atoms with Crippen LogP contribution in [-0.4, -0.2) is 24.3 Å². The van der Waals surface area contributed by atoms with Crippen molar-refractivity contribution in [2.24, 2.45) is 5.73 Å². The number of methoxy groups -OCH3 is 1. The number of aromatic nitrogens is 1. The molecule has 0 aliphatic carbocycles. The summed E-state index contributed by atoms with van der Waals surface area (Å²) < 4.78 is 86.2. The summed E-state index contributed by atoms with van der Waals surface area (Å²) in [6, 6.07) is 22.4. The van der Waals surface area contributed by atoms with Gasteiger partial charge in [-0.1, -0.05) is 78.9 Å². The third-order valence-electron chi connectivity index (χ3n) is 8.97. The summed E-state index contributed by atoms with van der Waals surface area (Å²) in [4.78, 5) is 29.7. The number of hydrogen-bond acceptors (Lipinski definition) is 5. The van der Waals surface area contributed by atoms with Gasteiger partial charge < -0.3 is 15.2 Å². The Kier molecular flexibility index (Phi) is 9.48. The third-order valence-corrected chi connectivity index (χ3v) is 8.97. The minimum absolute atomic E-state index is 0.0168. The van der Waals surface area contributed by atoms with E-state index in [9.17, 15) is 22.8 Å². The minimum Gasteiger partial charge on any atom is -0.494 e. The summed E-state index contributed by atoms with van der Waals surface area (Å²) in [6.07, 6.45) is -6.55. The highest BCUT2D eigenvalue weighted by Crippen LogP contribution is 2.43. The summed E-state index contributed by atoms with van der Waals surface area (Å²) in [5.41, 5.74) is 4.97. The Morgan fingerprint density at radius 2 is 1.58 bits per heavy atom. The van der Waals surface area contributed by atoms with Crippen LogP contribution in [0.3, 0.4) is 0 Å². The van der Waals surface area contributed by atoms with Gasteiger partial charge >= 0.3 is 12.3 Å². The first-order valence-corrected chi connectivity index (χ1v) is 15.7. The van der Waals surface area contributed by atoms with Crippen LogP contribution in [0.5, 0.6) is 5.75 Å². The fourth-order valence-electron chi connectivity index (χ4n) is 6.50. The molecule has 1 aliphatic rings. The second-order valence-electron chi connectivity index (χ2n) is 11.9. The number of nitrogens with zero attached hydrogens (tertiary/aromatic N) is 2. The van der Waals surface area contributed by atoms with Gasteiger partial charge in [-0.25, -0.2) is 13.6 Å². The second kappa shape index (κ2) is 13.8. The number of benzene rings is 4. The van der Waals surface area contributed by atoms with Crippen molar-refractivity contribution in [2.75, 3.05) is 18.6 Å². The number of fused-ring (bicyclic) bond motifs is 1. The number of halogens is 5. The van der Waals surface area contributed by atoms with E-state index in [1.807, 2.05) is 0 Å². The normalized spacial score (nSPS) is 14.7. The number of amides is 1. The van der Waals surface area contributed by atoms with Gasteiger partial charge in [-0.05, 0) is 41.8 Å². The number of alkyl halides is 3.